The number of fused-ring (bicyclic) bond motifs is 4. The Hall–Kier alpha value is -0.520. The van der Waals surface area contributed by atoms with Crippen molar-refractivity contribution in [3.63, 3.8) is 0 Å². The van der Waals surface area contributed by atoms with E-state index < -0.39 is 0 Å². The SMILES string of the molecule is CC(C)(C)C1=C(C(C)(C)C)C2(C(C)(C)C)C1C1(C(C)(C)C)C(C(C)(C)C)=C(C(C)(C)C)C21. The molecule has 1 saturated carbocycles. The predicted octanol–water partition coefficient (Wildman–Crippen LogP) is 10.1. The van der Waals surface area contributed by atoms with Gasteiger partial charge < -0.3 is 0 Å². The first-order chi connectivity index (χ1) is 13.7. The molecule has 3 aliphatic carbocycles. The summed E-state index contributed by atoms with van der Waals surface area (Å²) in [5, 5.41) is 0. The summed E-state index contributed by atoms with van der Waals surface area (Å²) in [4.78, 5) is 0. The Morgan fingerprint density at radius 3 is 0.719 bits per heavy atom. The van der Waals surface area contributed by atoms with Crippen molar-refractivity contribution in [3.05, 3.63) is 22.3 Å². The van der Waals surface area contributed by atoms with Crippen LogP contribution in [0, 0.1) is 55.2 Å². The first-order valence-corrected chi connectivity index (χ1v) is 13.2. The van der Waals surface area contributed by atoms with Crippen LogP contribution in [0.2, 0.25) is 0 Å². The van der Waals surface area contributed by atoms with Crippen molar-refractivity contribution >= 4 is 0 Å². The van der Waals surface area contributed by atoms with Crippen molar-refractivity contribution in [2.45, 2.75) is 125 Å². The minimum atomic E-state index is 0.191. The number of rotatable bonds is 0. The van der Waals surface area contributed by atoms with E-state index in [1.165, 1.54) is 0 Å². The van der Waals surface area contributed by atoms with Gasteiger partial charge in [-0.1, -0.05) is 147 Å². The third-order valence-corrected chi connectivity index (χ3v) is 9.36. The van der Waals surface area contributed by atoms with Gasteiger partial charge in [-0.15, -0.1) is 0 Å². The van der Waals surface area contributed by atoms with Crippen LogP contribution in [0.25, 0.3) is 0 Å². The minimum absolute atomic E-state index is 0.191. The van der Waals surface area contributed by atoms with Gasteiger partial charge in [-0.25, -0.2) is 0 Å². The molecule has 3 rings (SSSR count). The van der Waals surface area contributed by atoms with Crippen LogP contribution in [0.3, 0.4) is 0 Å². The molecule has 0 heteroatoms. The van der Waals surface area contributed by atoms with Crippen molar-refractivity contribution in [2.75, 3.05) is 0 Å². The Morgan fingerprint density at radius 1 is 0.375 bits per heavy atom. The number of allylic oxidation sites excluding steroid dienone is 4. The Bertz CT molecular complexity index is 789. The van der Waals surface area contributed by atoms with E-state index >= 15 is 0 Å². The molecule has 0 aliphatic heterocycles. The predicted molar refractivity (Wildman–Crippen MR) is 143 cm³/mol. The molecular weight excluding hydrogens is 384 g/mol. The Morgan fingerprint density at radius 2 is 0.594 bits per heavy atom. The maximum Gasteiger partial charge on any atom is 0.0118 e. The highest BCUT2D eigenvalue weighted by Gasteiger charge is 2.89. The molecule has 0 amide bonds. The van der Waals surface area contributed by atoms with Crippen LogP contribution in [-0.4, -0.2) is 0 Å². The van der Waals surface area contributed by atoms with Gasteiger partial charge in [0.15, 0.2) is 0 Å². The topological polar surface area (TPSA) is 0 Å². The fraction of sp³-hybridized carbons (Fsp3) is 0.875. The minimum Gasteiger partial charge on any atom is -0.0595 e. The third kappa shape index (κ3) is 2.74. The summed E-state index contributed by atoms with van der Waals surface area (Å²) in [5.74, 6) is 1.30. The molecule has 184 valence electrons. The van der Waals surface area contributed by atoms with E-state index in [-0.39, 0.29) is 43.3 Å². The summed E-state index contributed by atoms with van der Waals surface area (Å²) in [6.07, 6.45) is 0. The average Bonchev–Trinajstić information content (AvgIpc) is 2.36. The molecule has 0 unspecified atom stereocenters. The molecule has 0 aromatic heterocycles. The molecule has 1 fully saturated rings. The first-order valence-electron chi connectivity index (χ1n) is 13.2. The lowest BCUT2D eigenvalue weighted by atomic mass is 9.12. The van der Waals surface area contributed by atoms with E-state index in [1.54, 1.807) is 22.3 Å². The van der Waals surface area contributed by atoms with Gasteiger partial charge in [0.2, 0.25) is 0 Å². The van der Waals surface area contributed by atoms with Crippen LogP contribution in [0.1, 0.15) is 125 Å². The number of hydrogen-bond donors (Lipinski definition) is 0. The molecule has 0 bridgehead atoms. The molecule has 0 atom stereocenters. The van der Waals surface area contributed by atoms with E-state index in [0.717, 1.165) is 0 Å². The van der Waals surface area contributed by atoms with Crippen molar-refractivity contribution in [1.29, 1.82) is 0 Å². The van der Waals surface area contributed by atoms with Gasteiger partial charge in [0, 0.05) is 22.7 Å². The Labute approximate surface area is 202 Å². The zero-order chi connectivity index (χ0) is 25.5. The van der Waals surface area contributed by atoms with Crippen molar-refractivity contribution in [2.24, 2.45) is 55.2 Å². The smallest absolute Gasteiger partial charge is 0.0118 e. The van der Waals surface area contributed by atoms with Crippen molar-refractivity contribution < 1.29 is 0 Å². The summed E-state index contributed by atoms with van der Waals surface area (Å²) >= 11 is 0. The van der Waals surface area contributed by atoms with Gasteiger partial charge in [-0.05, 0) is 32.5 Å². The van der Waals surface area contributed by atoms with Crippen LogP contribution in [0.4, 0.5) is 0 Å². The highest BCUT2D eigenvalue weighted by Crippen LogP contribution is 2.95. The van der Waals surface area contributed by atoms with Crippen LogP contribution in [0.15, 0.2) is 22.3 Å². The molecule has 0 aromatic carbocycles. The van der Waals surface area contributed by atoms with Crippen molar-refractivity contribution in [3.8, 4) is 0 Å². The van der Waals surface area contributed by atoms with E-state index in [9.17, 15) is 0 Å². The van der Waals surface area contributed by atoms with Gasteiger partial charge in [0.1, 0.15) is 0 Å². The monoisotopic (exact) mass is 440 g/mol. The van der Waals surface area contributed by atoms with E-state index in [1.807, 2.05) is 0 Å². The average molecular weight is 441 g/mol. The molecular formula is C32H56. The van der Waals surface area contributed by atoms with Gasteiger partial charge in [0.05, 0.1) is 0 Å². The van der Waals surface area contributed by atoms with Gasteiger partial charge in [0.25, 0.3) is 0 Å². The fourth-order valence-corrected chi connectivity index (χ4v) is 9.17. The van der Waals surface area contributed by atoms with Gasteiger partial charge >= 0.3 is 0 Å². The summed E-state index contributed by atoms with van der Waals surface area (Å²) in [5.41, 5.74) is 8.95. The summed E-state index contributed by atoms with van der Waals surface area (Å²) in [6.45, 7) is 45.1. The lowest BCUT2D eigenvalue weighted by Gasteiger charge is -2.91. The van der Waals surface area contributed by atoms with Crippen LogP contribution >= 0.6 is 0 Å². The Kier molecular flexibility index (Phi) is 5.04. The lowest BCUT2D eigenvalue weighted by Crippen LogP contribution is -2.85. The molecule has 0 heterocycles. The van der Waals surface area contributed by atoms with Gasteiger partial charge in [-0.2, -0.15) is 0 Å². The molecule has 0 spiro atoms. The molecule has 0 N–H and O–H groups in total. The lowest BCUT2D eigenvalue weighted by molar-refractivity contribution is -0.291. The summed E-state index contributed by atoms with van der Waals surface area (Å²) in [7, 11) is 0. The number of hydrogen-bond acceptors (Lipinski definition) is 0. The maximum absolute atomic E-state index is 2.55. The molecule has 32 heavy (non-hydrogen) atoms. The van der Waals surface area contributed by atoms with E-state index in [4.69, 9.17) is 0 Å². The first kappa shape index (κ1) is 26.1. The van der Waals surface area contributed by atoms with E-state index in [0.29, 0.717) is 11.8 Å². The summed E-state index contributed by atoms with van der Waals surface area (Å²) < 4.78 is 0. The molecule has 0 aromatic rings. The quantitative estimate of drug-likeness (QED) is 0.329. The highest BCUT2D eigenvalue weighted by molar-refractivity contribution is 5.68. The highest BCUT2D eigenvalue weighted by atomic mass is 14.9. The zero-order valence-electron chi connectivity index (χ0n) is 25.2. The Balaban J connectivity index is 2.55. The largest absolute Gasteiger partial charge is 0.0595 e. The summed E-state index contributed by atoms with van der Waals surface area (Å²) in [6, 6.07) is 0. The van der Waals surface area contributed by atoms with Crippen LogP contribution in [0.5, 0.6) is 0 Å². The van der Waals surface area contributed by atoms with Gasteiger partial charge in [-0.3, -0.25) is 0 Å². The second-order valence-electron chi connectivity index (χ2n) is 17.7. The standard InChI is InChI=1S/C32H56/c1-25(2,3)19-21(27(7,8)9)31(29(13,14)15)23(19)32(30(16,17)18)22(28(10,11)12)20(24(31)32)26(4,5)6/h23-24H,1-18H3. The molecule has 3 aliphatic rings. The molecule has 0 radical (unpaired) electrons. The maximum atomic E-state index is 2.55. The second-order valence-corrected chi connectivity index (χ2v) is 17.7. The normalized spacial score (nSPS) is 33.9. The van der Waals surface area contributed by atoms with Crippen molar-refractivity contribution in [1.82, 2.24) is 0 Å². The third-order valence-electron chi connectivity index (χ3n) is 9.36. The van der Waals surface area contributed by atoms with Crippen LogP contribution in [-0.2, 0) is 0 Å². The molecule has 0 saturated heterocycles. The second kappa shape index (κ2) is 6.18. The molecule has 0 nitrogen and oxygen atoms in total. The van der Waals surface area contributed by atoms with Crippen LogP contribution < -0.4 is 0 Å². The zero-order valence-corrected chi connectivity index (χ0v) is 25.2. The van der Waals surface area contributed by atoms with E-state index in [2.05, 4.69) is 125 Å². The fourth-order valence-electron chi connectivity index (χ4n) is 9.17.